The minimum absolute atomic E-state index is 0.434. The molecule has 0 amide bonds. The molecule has 0 aliphatic rings. The van der Waals surface area contributed by atoms with E-state index in [1.807, 2.05) is 20.1 Å². The molecule has 3 heteroatoms. The lowest BCUT2D eigenvalue weighted by Crippen LogP contribution is -2.32. The third kappa shape index (κ3) is 3.14. The molecule has 0 spiro atoms. The maximum Gasteiger partial charge on any atom is 0.319 e. The Hall–Kier alpha value is -0.180. The molecule has 0 aromatic rings. The fourth-order valence-corrected chi connectivity index (χ4v) is 1.71. The van der Waals surface area contributed by atoms with Crippen LogP contribution in [0.25, 0.3) is 0 Å². The minimum atomic E-state index is -0.710. The molecule has 0 rings (SSSR count). The van der Waals surface area contributed by atoms with Crippen LogP contribution in [0.1, 0.15) is 27.2 Å². The minimum Gasteiger partial charge on any atom is -0.480 e. The molecule has 0 saturated carbocycles. The van der Waals surface area contributed by atoms with Crippen molar-refractivity contribution in [3.63, 3.8) is 0 Å². The van der Waals surface area contributed by atoms with Gasteiger partial charge in [0.15, 0.2) is 0 Å². The van der Waals surface area contributed by atoms with Crippen molar-refractivity contribution in [1.29, 1.82) is 0 Å². The molecule has 0 saturated heterocycles. The molecule has 0 aliphatic carbocycles. The Bertz CT molecular complexity index is 145. The van der Waals surface area contributed by atoms with Gasteiger partial charge in [0.1, 0.15) is 4.75 Å². The van der Waals surface area contributed by atoms with Crippen LogP contribution in [0.15, 0.2) is 0 Å². The Morgan fingerprint density at radius 2 is 2.09 bits per heavy atom. The standard InChI is InChI=1S/C8H16O2S/c1-6(2)5-8(3,11-4)7(9)10/h6H,5H2,1-4H3,(H,9,10). The number of thioether (sulfide) groups is 1. The van der Waals surface area contributed by atoms with Crippen molar-refractivity contribution in [2.24, 2.45) is 5.92 Å². The predicted octanol–water partition coefficient (Wildman–Crippen LogP) is 2.24. The van der Waals surface area contributed by atoms with Gasteiger partial charge in [-0.2, -0.15) is 0 Å². The number of carbonyl (C=O) groups is 1. The average Bonchev–Trinajstić information content (AvgIpc) is 1.86. The summed E-state index contributed by atoms with van der Waals surface area (Å²) < 4.78 is -0.603. The summed E-state index contributed by atoms with van der Waals surface area (Å²) in [6.45, 7) is 5.86. The monoisotopic (exact) mass is 176 g/mol. The van der Waals surface area contributed by atoms with Crippen molar-refractivity contribution in [3.05, 3.63) is 0 Å². The zero-order valence-corrected chi connectivity index (χ0v) is 8.36. The Labute approximate surface area is 72.4 Å². The molecular formula is C8H16O2S. The Kier molecular flexibility index (Phi) is 3.93. The Morgan fingerprint density at radius 3 is 2.18 bits per heavy atom. The molecule has 0 fully saturated rings. The van der Waals surface area contributed by atoms with E-state index in [2.05, 4.69) is 0 Å². The summed E-state index contributed by atoms with van der Waals surface area (Å²) in [5, 5.41) is 8.86. The van der Waals surface area contributed by atoms with E-state index in [9.17, 15) is 4.79 Å². The van der Waals surface area contributed by atoms with Crippen LogP contribution < -0.4 is 0 Å². The fraction of sp³-hybridized carbons (Fsp3) is 0.875. The first-order chi connectivity index (χ1) is 4.92. The fourth-order valence-electron chi connectivity index (χ4n) is 1.04. The number of hydrogen-bond acceptors (Lipinski definition) is 2. The first-order valence-electron chi connectivity index (χ1n) is 3.71. The van der Waals surface area contributed by atoms with Gasteiger partial charge in [0.2, 0.25) is 0 Å². The Balaban J connectivity index is 4.22. The molecule has 0 aliphatic heterocycles. The van der Waals surface area contributed by atoms with Gasteiger partial charge in [0.25, 0.3) is 0 Å². The molecule has 1 N–H and O–H groups in total. The third-order valence-electron chi connectivity index (χ3n) is 1.70. The summed E-state index contributed by atoms with van der Waals surface area (Å²) in [5.74, 6) is -0.276. The summed E-state index contributed by atoms with van der Waals surface area (Å²) in [6.07, 6.45) is 2.57. The van der Waals surface area contributed by atoms with Gasteiger partial charge in [0.05, 0.1) is 0 Å². The SMILES string of the molecule is CSC(C)(CC(C)C)C(=O)O. The second-order valence-electron chi connectivity index (χ2n) is 3.34. The summed E-state index contributed by atoms with van der Waals surface area (Å²) in [5.41, 5.74) is 0. The van der Waals surface area contributed by atoms with Gasteiger partial charge in [-0.15, -0.1) is 11.8 Å². The number of carboxylic acids is 1. The zero-order chi connectivity index (χ0) is 9.07. The molecular weight excluding hydrogens is 160 g/mol. The van der Waals surface area contributed by atoms with E-state index in [-0.39, 0.29) is 0 Å². The highest BCUT2D eigenvalue weighted by molar-refractivity contribution is 8.00. The van der Waals surface area contributed by atoms with E-state index in [0.717, 1.165) is 6.42 Å². The van der Waals surface area contributed by atoms with Crippen molar-refractivity contribution in [3.8, 4) is 0 Å². The van der Waals surface area contributed by atoms with E-state index in [1.165, 1.54) is 11.8 Å². The zero-order valence-electron chi connectivity index (χ0n) is 7.55. The maximum atomic E-state index is 10.8. The van der Waals surface area contributed by atoms with E-state index in [4.69, 9.17) is 5.11 Å². The van der Waals surface area contributed by atoms with Crippen LogP contribution >= 0.6 is 11.8 Å². The molecule has 11 heavy (non-hydrogen) atoms. The van der Waals surface area contributed by atoms with E-state index in [0.29, 0.717) is 5.92 Å². The lowest BCUT2D eigenvalue weighted by Gasteiger charge is -2.23. The second-order valence-corrected chi connectivity index (χ2v) is 4.65. The highest BCUT2D eigenvalue weighted by Gasteiger charge is 2.32. The first kappa shape index (κ1) is 10.8. The summed E-state index contributed by atoms with van der Waals surface area (Å²) >= 11 is 1.41. The molecule has 0 aromatic heterocycles. The molecule has 1 unspecified atom stereocenters. The van der Waals surface area contributed by atoms with Crippen LogP contribution in [-0.2, 0) is 4.79 Å². The summed E-state index contributed by atoms with van der Waals surface area (Å²) in [7, 11) is 0. The van der Waals surface area contributed by atoms with Crippen LogP contribution in [-0.4, -0.2) is 22.1 Å². The summed E-state index contributed by atoms with van der Waals surface area (Å²) in [4.78, 5) is 10.8. The van der Waals surface area contributed by atoms with Crippen LogP contribution in [0.2, 0.25) is 0 Å². The van der Waals surface area contributed by atoms with Crippen molar-refractivity contribution in [2.45, 2.75) is 31.9 Å². The van der Waals surface area contributed by atoms with Crippen LogP contribution in [0.4, 0.5) is 0 Å². The lowest BCUT2D eigenvalue weighted by molar-refractivity contribution is -0.139. The number of rotatable bonds is 4. The van der Waals surface area contributed by atoms with Gasteiger partial charge in [-0.3, -0.25) is 4.79 Å². The second kappa shape index (κ2) is 4.00. The molecule has 0 bridgehead atoms. The van der Waals surface area contributed by atoms with Gasteiger partial charge < -0.3 is 5.11 Å². The van der Waals surface area contributed by atoms with Crippen molar-refractivity contribution in [1.82, 2.24) is 0 Å². The normalized spacial score (nSPS) is 16.5. The molecule has 0 aromatic carbocycles. The molecule has 0 heterocycles. The van der Waals surface area contributed by atoms with Gasteiger partial charge in [-0.25, -0.2) is 0 Å². The van der Waals surface area contributed by atoms with Crippen molar-refractivity contribution < 1.29 is 9.90 Å². The molecule has 66 valence electrons. The highest BCUT2D eigenvalue weighted by Crippen LogP contribution is 2.29. The average molecular weight is 176 g/mol. The van der Waals surface area contributed by atoms with Crippen LogP contribution in [0.5, 0.6) is 0 Å². The van der Waals surface area contributed by atoms with Gasteiger partial charge in [0, 0.05) is 0 Å². The van der Waals surface area contributed by atoms with E-state index in [1.54, 1.807) is 6.92 Å². The first-order valence-corrected chi connectivity index (χ1v) is 4.93. The van der Waals surface area contributed by atoms with Crippen molar-refractivity contribution >= 4 is 17.7 Å². The van der Waals surface area contributed by atoms with E-state index < -0.39 is 10.7 Å². The van der Waals surface area contributed by atoms with Crippen LogP contribution in [0.3, 0.4) is 0 Å². The number of hydrogen-bond donors (Lipinski definition) is 1. The highest BCUT2D eigenvalue weighted by atomic mass is 32.2. The van der Waals surface area contributed by atoms with Crippen LogP contribution in [0, 0.1) is 5.92 Å². The predicted molar refractivity (Wildman–Crippen MR) is 49.0 cm³/mol. The number of carboxylic acid groups (broad SMARTS) is 1. The van der Waals surface area contributed by atoms with Gasteiger partial charge >= 0.3 is 5.97 Å². The molecule has 2 nitrogen and oxygen atoms in total. The quantitative estimate of drug-likeness (QED) is 0.713. The van der Waals surface area contributed by atoms with Crippen molar-refractivity contribution in [2.75, 3.05) is 6.26 Å². The maximum absolute atomic E-state index is 10.8. The number of aliphatic carboxylic acids is 1. The smallest absolute Gasteiger partial charge is 0.319 e. The molecule has 1 atom stereocenters. The van der Waals surface area contributed by atoms with E-state index >= 15 is 0 Å². The largest absolute Gasteiger partial charge is 0.480 e. The van der Waals surface area contributed by atoms with Gasteiger partial charge in [-0.1, -0.05) is 13.8 Å². The van der Waals surface area contributed by atoms with Gasteiger partial charge in [-0.05, 0) is 25.5 Å². The Morgan fingerprint density at radius 1 is 1.64 bits per heavy atom. The topological polar surface area (TPSA) is 37.3 Å². The summed E-state index contributed by atoms with van der Waals surface area (Å²) in [6, 6.07) is 0. The third-order valence-corrected chi connectivity index (χ3v) is 2.94. The molecule has 0 radical (unpaired) electrons. The lowest BCUT2D eigenvalue weighted by atomic mass is 9.98.